The number of benzene rings is 2. The van der Waals surface area contributed by atoms with Crippen molar-refractivity contribution >= 4 is 39.2 Å². The van der Waals surface area contributed by atoms with Crippen molar-refractivity contribution in [1.82, 2.24) is 9.97 Å². The molecule has 4 aromatic rings. The highest BCUT2D eigenvalue weighted by molar-refractivity contribution is 6.48. The van der Waals surface area contributed by atoms with Crippen molar-refractivity contribution in [3.63, 3.8) is 0 Å². The van der Waals surface area contributed by atoms with Crippen molar-refractivity contribution < 1.29 is 9.59 Å². The molecule has 0 radical (unpaired) electrons. The van der Waals surface area contributed by atoms with Crippen molar-refractivity contribution in [3.8, 4) is 0 Å². The van der Waals surface area contributed by atoms with E-state index >= 15 is 0 Å². The molecule has 0 bridgehead atoms. The molecule has 0 saturated carbocycles. The molecule has 0 aliphatic heterocycles. The van der Waals surface area contributed by atoms with Gasteiger partial charge in [-0.05, 0) is 44.5 Å². The second-order valence-electron chi connectivity index (χ2n) is 6.92. The highest BCUT2D eigenvalue weighted by atomic mass is 16.2. The van der Waals surface area contributed by atoms with Crippen LogP contribution in [0.2, 0.25) is 0 Å². The van der Waals surface area contributed by atoms with Gasteiger partial charge in [0.25, 0.3) is 17.2 Å². The highest BCUT2D eigenvalue weighted by Crippen LogP contribution is 2.24. The molecular weight excluding hydrogens is 354 g/mol. The summed E-state index contributed by atoms with van der Waals surface area (Å²) in [6.07, 6.45) is 0. The van der Waals surface area contributed by atoms with E-state index in [1.54, 1.807) is 26.0 Å². The molecule has 1 amide bonds. The van der Waals surface area contributed by atoms with Gasteiger partial charge in [0, 0.05) is 33.2 Å². The number of anilines is 1. The summed E-state index contributed by atoms with van der Waals surface area (Å²) in [7, 11) is 0. The largest absolute Gasteiger partial charge is 0.358 e. The molecule has 6 heteroatoms. The first-order chi connectivity index (χ1) is 13.4. The Labute approximate surface area is 160 Å². The van der Waals surface area contributed by atoms with E-state index < -0.39 is 11.7 Å². The molecular formula is C22H19N3O3. The van der Waals surface area contributed by atoms with Gasteiger partial charge in [0.2, 0.25) is 0 Å². The van der Waals surface area contributed by atoms with Gasteiger partial charge < -0.3 is 15.3 Å². The van der Waals surface area contributed by atoms with Gasteiger partial charge in [-0.3, -0.25) is 14.4 Å². The number of para-hydroxylation sites is 1. The molecule has 3 N–H and O–H groups in total. The first-order valence-corrected chi connectivity index (χ1v) is 8.93. The van der Waals surface area contributed by atoms with E-state index in [2.05, 4.69) is 15.3 Å². The minimum Gasteiger partial charge on any atom is -0.358 e. The highest BCUT2D eigenvalue weighted by Gasteiger charge is 2.22. The van der Waals surface area contributed by atoms with Gasteiger partial charge in [0.1, 0.15) is 0 Å². The van der Waals surface area contributed by atoms with Gasteiger partial charge in [0.05, 0.1) is 11.1 Å². The molecule has 0 atom stereocenters. The van der Waals surface area contributed by atoms with Crippen molar-refractivity contribution in [2.75, 3.05) is 5.32 Å². The van der Waals surface area contributed by atoms with Crippen molar-refractivity contribution in [3.05, 3.63) is 75.2 Å². The number of rotatable bonds is 3. The topological polar surface area (TPSA) is 94.8 Å². The molecule has 0 aliphatic carbocycles. The number of amides is 1. The molecule has 0 unspecified atom stereocenters. The van der Waals surface area contributed by atoms with E-state index in [-0.39, 0.29) is 5.56 Å². The molecule has 28 heavy (non-hydrogen) atoms. The Morgan fingerprint density at radius 2 is 1.61 bits per heavy atom. The van der Waals surface area contributed by atoms with Gasteiger partial charge in [-0.2, -0.15) is 0 Å². The zero-order valence-electron chi connectivity index (χ0n) is 15.8. The van der Waals surface area contributed by atoms with Crippen LogP contribution in [0.4, 0.5) is 5.69 Å². The summed E-state index contributed by atoms with van der Waals surface area (Å²) in [6, 6.07) is 12.6. The van der Waals surface area contributed by atoms with Crippen LogP contribution in [0.25, 0.3) is 21.8 Å². The van der Waals surface area contributed by atoms with E-state index in [0.717, 1.165) is 16.5 Å². The number of H-pyrrole nitrogens is 2. The number of hydrogen-bond donors (Lipinski definition) is 3. The molecule has 0 fully saturated rings. The number of aryl methyl sites for hydroxylation is 2. The van der Waals surface area contributed by atoms with E-state index in [1.165, 1.54) is 0 Å². The van der Waals surface area contributed by atoms with Gasteiger partial charge in [-0.1, -0.05) is 24.3 Å². The normalized spacial score (nSPS) is 11.1. The number of carbonyl (C=O) groups excluding carboxylic acids is 2. The molecule has 0 aliphatic rings. The average Bonchev–Trinajstić information content (AvgIpc) is 3.01. The first kappa shape index (κ1) is 17.7. The van der Waals surface area contributed by atoms with Crippen LogP contribution >= 0.6 is 0 Å². The summed E-state index contributed by atoms with van der Waals surface area (Å²) < 4.78 is 0. The zero-order chi connectivity index (χ0) is 20.0. The Balaban J connectivity index is 1.68. The Hall–Kier alpha value is -3.67. The molecule has 140 valence electrons. The minimum atomic E-state index is -0.724. The fourth-order valence-corrected chi connectivity index (χ4v) is 3.51. The second-order valence-corrected chi connectivity index (χ2v) is 6.92. The number of carbonyl (C=O) groups is 2. The lowest BCUT2D eigenvalue weighted by Gasteiger charge is -2.09. The van der Waals surface area contributed by atoms with Crippen molar-refractivity contribution in [2.24, 2.45) is 0 Å². The molecule has 2 aromatic carbocycles. The van der Waals surface area contributed by atoms with Crippen LogP contribution in [-0.4, -0.2) is 21.7 Å². The summed E-state index contributed by atoms with van der Waals surface area (Å²) in [4.78, 5) is 43.3. The van der Waals surface area contributed by atoms with Gasteiger partial charge >= 0.3 is 0 Å². The standard InChI is InChI=1S/C22H19N3O3/c1-11-12(2)21(27)25-18-10-14(8-9-15(11)18)24-22(28)20(26)19-13(3)23-17-7-5-4-6-16(17)19/h4-10,23H,1-3H3,(H,24,28)(H,25,27). The van der Waals surface area contributed by atoms with Crippen LogP contribution in [0.15, 0.2) is 47.3 Å². The predicted octanol–water partition coefficient (Wildman–Crippen LogP) is 3.76. The summed E-state index contributed by atoms with van der Waals surface area (Å²) in [6.45, 7) is 5.42. The summed E-state index contributed by atoms with van der Waals surface area (Å²) in [5.41, 5.74) is 4.27. The lowest BCUT2D eigenvalue weighted by molar-refractivity contribution is -0.112. The second kappa shape index (κ2) is 6.49. The Kier molecular flexibility index (Phi) is 4.11. The smallest absolute Gasteiger partial charge is 0.296 e. The summed E-state index contributed by atoms with van der Waals surface area (Å²) in [5.74, 6) is -1.33. The third-order valence-electron chi connectivity index (χ3n) is 5.16. The number of ketones is 1. The number of Topliss-reactive ketones (excluding diaryl/α,β-unsaturated/α-hetero) is 1. The number of aromatic amines is 2. The monoisotopic (exact) mass is 373 g/mol. The number of aromatic nitrogens is 2. The molecule has 0 spiro atoms. The lowest BCUT2D eigenvalue weighted by atomic mass is 10.0. The maximum absolute atomic E-state index is 12.8. The first-order valence-electron chi connectivity index (χ1n) is 8.93. The molecule has 6 nitrogen and oxygen atoms in total. The number of pyridine rings is 1. The van der Waals surface area contributed by atoms with Crippen LogP contribution in [-0.2, 0) is 4.79 Å². The van der Waals surface area contributed by atoms with Gasteiger partial charge in [0.15, 0.2) is 0 Å². The summed E-state index contributed by atoms with van der Waals surface area (Å²) >= 11 is 0. The Morgan fingerprint density at radius 3 is 2.39 bits per heavy atom. The fraction of sp³-hybridized carbons (Fsp3) is 0.136. The van der Waals surface area contributed by atoms with Crippen molar-refractivity contribution in [2.45, 2.75) is 20.8 Å². The average molecular weight is 373 g/mol. The van der Waals surface area contributed by atoms with E-state index in [0.29, 0.717) is 33.4 Å². The maximum atomic E-state index is 12.8. The fourth-order valence-electron chi connectivity index (χ4n) is 3.51. The molecule has 0 saturated heterocycles. The number of fused-ring (bicyclic) bond motifs is 2. The maximum Gasteiger partial charge on any atom is 0.296 e. The van der Waals surface area contributed by atoms with Crippen molar-refractivity contribution in [1.29, 1.82) is 0 Å². The Morgan fingerprint density at radius 1 is 0.857 bits per heavy atom. The third-order valence-corrected chi connectivity index (χ3v) is 5.16. The van der Waals surface area contributed by atoms with Gasteiger partial charge in [-0.25, -0.2) is 0 Å². The van der Waals surface area contributed by atoms with E-state index in [4.69, 9.17) is 0 Å². The van der Waals surface area contributed by atoms with Crippen LogP contribution in [0.1, 0.15) is 27.2 Å². The number of nitrogens with one attached hydrogen (secondary N) is 3. The van der Waals surface area contributed by atoms with Gasteiger partial charge in [-0.15, -0.1) is 0 Å². The predicted molar refractivity (Wildman–Crippen MR) is 110 cm³/mol. The van der Waals surface area contributed by atoms with Crippen LogP contribution in [0.3, 0.4) is 0 Å². The SMILES string of the molecule is Cc1[nH]c2ccccc2c1C(=O)C(=O)Nc1ccc2c(C)c(C)c(=O)[nH]c2c1. The number of hydrogen-bond acceptors (Lipinski definition) is 3. The lowest BCUT2D eigenvalue weighted by Crippen LogP contribution is -2.23. The minimum absolute atomic E-state index is 0.168. The van der Waals surface area contributed by atoms with Crippen LogP contribution in [0.5, 0.6) is 0 Å². The van der Waals surface area contributed by atoms with E-state index in [1.807, 2.05) is 37.3 Å². The Bertz CT molecular complexity index is 1330. The molecule has 2 aromatic heterocycles. The quantitative estimate of drug-likeness (QED) is 0.377. The molecule has 2 heterocycles. The zero-order valence-corrected chi connectivity index (χ0v) is 15.8. The third kappa shape index (κ3) is 2.79. The van der Waals surface area contributed by atoms with E-state index in [9.17, 15) is 14.4 Å². The molecule has 4 rings (SSSR count). The van der Waals surface area contributed by atoms with Crippen LogP contribution < -0.4 is 10.9 Å². The summed E-state index contributed by atoms with van der Waals surface area (Å²) in [5, 5.41) is 4.26. The van der Waals surface area contributed by atoms with Crippen LogP contribution in [0, 0.1) is 20.8 Å².